The molecule has 0 saturated carbocycles. The molecule has 0 spiro atoms. The monoisotopic (exact) mass is 443 g/mol. The van der Waals surface area contributed by atoms with Crippen LogP contribution in [0.5, 0.6) is 0 Å². The van der Waals surface area contributed by atoms with Crippen LogP contribution in [-0.4, -0.2) is 29.0 Å². The van der Waals surface area contributed by atoms with Crippen LogP contribution in [-0.2, 0) is 0 Å². The van der Waals surface area contributed by atoms with Gasteiger partial charge in [-0.05, 0) is 30.3 Å². The Morgan fingerprint density at radius 2 is 1.94 bits per heavy atom. The van der Waals surface area contributed by atoms with E-state index in [4.69, 9.17) is 11.6 Å². The second kappa shape index (κ2) is 7.82. The average molecular weight is 444 g/mol. The quantitative estimate of drug-likeness (QED) is 0.600. The van der Waals surface area contributed by atoms with Crippen molar-refractivity contribution in [2.45, 2.75) is 19.8 Å². The summed E-state index contributed by atoms with van der Waals surface area (Å²) in [5.74, 6) is -3.88. The van der Waals surface area contributed by atoms with Crippen LogP contribution in [0.4, 0.5) is 26.1 Å². The molecule has 1 aliphatic heterocycles. The zero-order chi connectivity index (χ0) is 22.3. The van der Waals surface area contributed by atoms with Crippen molar-refractivity contribution in [3.63, 3.8) is 0 Å². The number of piperidine rings is 1. The van der Waals surface area contributed by atoms with E-state index in [0.29, 0.717) is 22.8 Å². The van der Waals surface area contributed by atoms with E-state index in [0.717, 1.165) is 5.39 Å². The molecule has 31 heavy (non-hydrogen) atoms. The number of aromatic nitrogens is 2. The van der Waals surface area contributed by atoms with E-state index in [1.165, 1.54) is 26.0 Å². The molecule has 3 aromatic rings. The summed E-state index contributed by atoms with van der Waals surface area (Å²) in [4.78, 5) is 20.5. The first-order valence-corrected chi connectivity index (χ1v) is 10.2. The van der Waals surface area contributed by atoms with Gasteiger partial charge < -0.3 is 15.2 Å². The van der Waals surface area contributed by atoms with Gasteiger partial charge in [0.25, 0.3) is 5.92 Å². The number of pyridine rings is 2. The fourth-order valence-electron chi connectivity index (χ4n) is 3.90. The van der Waals surface area contributed by atoms with Crippen molar-refractivity contribution in [3.05, 3.63) is 57.3 Å². The Bertz CT molecular complexity index is 1240. The molecule has 0 aliphatic carbocycles. The fraction of sp³-hybridized carbons (Fsp3) is 0.318. The van der Waals surface area contributed by atoms with Crippen molar-refractivity contribution < 1.29 is 8.78 Å². The standard InChI is InChI=1S/C22H20ClF2N5O/c1-12-10-30(11-13(2)22(12,24)25)21-15(9-26)8-17(23)20(29-21)27-16-4-5-18-14(7-16)3-6-19(31)28-18/h3-8,12-13H,10-11H2,1-2H3,(H,27,29)(H,28,31)/t12-,13+. The lowest BCUT2D eigenvalue weighted by atomic mass is 9.87. The molecule has 1 aromatic carbocycles. The van der Waals surface area contributed by atoms with Crippen molar-refractivity contribution in [3.8, 4) is 6.07 Å². The van der Waals surface area contributed by atoms with E-state index in [2.05, 4.69) is 21.4 Å². The van der Waals surface area contributed by atoms with Gasteiger partial charge in [0.05, 0.1) is 10.6 Å². The van der Waals surface area contributed by atoms with E-state index in [9.17, 15) is 18.8 Å². The minimum atomic E-state index is -2.77. The van der Waals surface area contributed by atoms with Crippen LogP contribution >= 0.6 is 11.6 Å². The van der Waals surface area contributed by atoms with Gasteiger partial charge in [0, 0.05) is 47.6 Å². The Labute approximate surface area is 182 Å². The molecule has 0 radical (unpaired) electrons. The van der Waals surface area contributed by atoms with E-state index in [1.807, 2.05) is 6.07 Å². The van der Waals surface area contributed by atoms with Crippen LogP contribution < -0.4 is 15.8 Å². The highest BCUT2D eigenvalue weighted by molar-refractivity contribution is 6.33. The number of hydrogen-bond donors (Lipinski definition) is 2. The maximum atomic E-state index is 14.3. The number of nitriles is 1. The molecule has 2 N–H and O–H groups in total. The molecule has 160 valence electrons. The van der Waals surface area contributed by atoms with E-state index in [1.54, 1.807) is 23.1 Å². The predicted molar refractivity (Wildman–Crippen MR) is 117 cm³/mol. The average Bonchev–Trinajstić information content (AvgIpc) is 2.73. The molecular formula is C22H20ClF2N5O. The van der Waals surface area contributed by atoms with Crippen molar-refractivity contribution in [1.29, 1.82) is 5.26 Å². The van der Waals surface area contributed by atoms with Gasteiger partial charge in [-0.25, -0.2) is 13.8 Å². The molecule has 0 amide bonds. The third kappa shape index (κ3) is 3.93. The topological polar surface area (TPSA) is 84.8 Å². The molecule has 1 fully saturated rings. The molecule has 4 rings (SSSR count). The number of benzene rings is 1. The summed E-state index contributed by atoms with van der Waals surface area (Å²) in [5.41, 5.74) is 1.41. The van der Waals surface area contributed by atoms with Crippen LogP contribution in [0.15, 0.2) is 41.2 Å². The highest BCUT2D eigenvalue weighted by Crippen LogP contribution is 2.40. The van der Waals surface area contributed by atoms with Crippen LogP contribution in [0.3, 0.4) is 0 Å². The van der Waals surface area contributed by atoms with Gasteiger partial charge in [-0.3, -0.25) is 4.79 Å². The van der Waals surface area contributed by atoms with Gasteiger partial charge in [-0.2, -0.15) is 5.26 Å². The Kier molecular flexibility index (Phi) is 5.31. The molecule has 2 atom stereocenters. The summed E-state index contributed by atoms with van der Waals surface area (Å²) in [7, 11) is 0. The van der Waals surface area contributed by atoms with Crippen LogP contribution in [0.1, 0.15) is 19.4 Å². The number of anilines is 3. The predicted octanol–water partition coefficient (Wildman–Crippen LogP) is 4.92. The number of H-pyrrole nitrogens is 1. The first kappa shape index (κ1) is 21.1. The lowest BCUT2D eigenvalue weighted by Gasteiger charge is -2.42. The van der Waals surface area contributed by atoms with Crippen molar-refractivity contribution >= 4 is 39.8 Å². The van der Waals surface area contributed by atoms with Crippen LogP contribution in [0.25, 0.3) is 10.9 Å². The zero-order valence-corrected chi connectivity index (χ0v) is 17.7. The number of fused-ring (bicyclic) bond motifs is 1. The third-order valence-corrected chi connectivity index (χ3v) is 5.95. The summed E-state index contributed by atoms with van der Waals surface area (Å²) in [5, 5.41) is 13.7. The van der Waals surface area contributed by atoms with Crippen molar-refractivity contribution in [2.75, 3.05) is 23.3 Å². The number of hydrogen-bond acceptors (Lipinski definition) is 5. The van der Waals surface area contributed by atoms with E-state index >= 15 is 0 Å². The summed E-state index contributed by atoms with van der Waals surface area (Å²) >= 11 is 6.35. The van der Waals surface area contributed by atoms with Gasteiger partial charge in [-0.15, -0.1) is 0 Å². The minimum absolute atomic E-state index is 0.0867. The van der Waals surface area contributed by atoms with E-state index < -0.39 is 17.8 Å². The largest absolute Gasteiger partial charge is 0.354 e. The van der Waals surface area contributed by atoms with Crippen LogP contribution in [0.2, 0.25) is 5.02 Å². The summed E-state index contributed by atoms with van der Waals surface area (Å²) in [6.07, 6.45) is 0. The Balaban J connectivity index is 1.69. The van der Waals surface area contributed by atoms with Gasteiger partial charge in [0.1, 0.15) is 11.9 Å². The van der Waals surface area contributed by atoms with Gasteiger partial charge in [0.15, 0.2) is 5.82 Å². The molecule has 6 nitrogen and oxygen atoms in total. The van der Waals surface area contributed by atoms with Crippen LogP contribution in [0, 0.1) is 23.2 Å². The molecule has 1 saturated heterocycles. The maximum absolute atomic E-state index is 14.3. The second-order valence-corrected chi connectivity index (χ2v) is 8.34. The lowest BCUT2D eigenvalue weighted by Crippen LogP contribution is -2.52. The smallest absolute Gasteiger partial charge is 0.256 e. The van der Waals surface area contributed by atoms with Gasteiger partial charge in [0.2, 0.25) is 5.56 Å². The molecule has 0 unspecified atom stereocenters. The summed E-state index contributed by atoms with van der Waals surface area (Å²) in [6, 6.07) is 12.0. The normalized spacial score (nSPS) is 20.5. The molecular weight excluding hydrogens is 424 g/mol. The van der Waals surface area contributed by atoms with E-state index in [-0.39, 0.29) is 29.2 Å². The lowest BCUT2D eigenvalue weighted by molar-refractivity contribution is -0.105. The Hall–Kier alpha value is -3.18. The number of alkyl halides is 2. The number of nitrogens with one attached hydrogen (secondary N) is 2. The fourth-order valence-corrected chi connectivity index (χ4v) is 4.10. The first-order chi connectivity index (χ1) is 14.7. The third-order valence-electron chi connectivity index (χ3n) is 5.66. The molecule has 1 aliphatic rings. The highest BCUT2D eigenvalue weighted by atomic mass is 35.5. The maximum Gasteiger partial charge on any atom is 0.256 e. The van der Waals surface area contributed by atoms with Crippen molar-refractivity contribution in [2.24, 2.45) is 11.8 Å². The first-order valence-electron chi connectivity index (χ1n) is 9.82. The zero-order valence-electron chi connectivity index (χ0n) is 16.9. The Morgan fingerprint density at radius 3 is 2.61 bits per heavy atom. The van der Waals surface area contributed by atoms with Crippen molar-refractivity contribution in [1.82, 2.24) is 9.97 Å². The minimum Gasteiger partial charge on any atom is -0.354 e. The number of nitrogens with zero attached hydrogens (tertiary/aromatic N) is 3. The van der Waals surface area contributed by atoms with Gasteiger partial charge >= 0.3 is 0 Å². The SMILES string of the molecule is C[C@@H]1CN(c2nc(Nc3ccc4[nH]c(=O)ccc4c3)c(Cl)cc2C#N)C[C@H](C)C1(F)F. The summed E-state index contributed by atoms with van der Waals surface area (Å²) in [6.45, 7) is 3.18. The molecule has 2 aromatic heterocycles. The highest BCUT2D eigenvalue weighted by Gasteiger charge is 2.47. The Morgan fingerprint density at radius 1 is 1.23 bits per heavy atom. The summed E-state index contributed by atoms with van der Waals surface area (Å²) < 4.78 is 28.6. The number of halogens is 3. The number of rotatable bonds is 3. The molecule has 9 heteroatoms. The molecule has 3 heterocycles. The molecule has 0 bridgehead atoms. The second-order valence-electron chi connectivity index (χ2n) is 7.93. The van der Waals surface area contributed by atoms with Gasteiger partial charge in [-0.1, -0.05) is 25.4 Å². The number of aromatic amines is 1.